The maximum atomic E-state index is 12.9. The zero-order valence-electron chi connectivity index (χ0n) is 17.6. The molecule has 2 aromatic rings. The Labute approximate surface area is 184 Å². The highest BCUT2D eigenvalue weighted by Gasteiger charge is 2.35. The quantitative estimate of drug-likeness (QED) is 0.541. The average Bonchev–Trinajstić information content (AvgIpc) is 3.00. The third-order valence-electron chi connectivity index (χ3n) is 5.70. The molecule has 0 radical (unpaired) electrons. The van der Waals surface area contributed by atoms with E-state index in [0.717, 1.165) is 16.5 Å². The lowest BCUT2D eigenvalue weighted by molar-refractivity contribution is -0.137. The van der Waals surface area contributed by atoms with Gasteiger partial charge >= 0.3 is 6.18 Å². The first-order valence-electron chi connectivity index (χ1n) is 10.3. The number of nitrogens with zero attached hydrogens (tertiary/aromatic N) is 3. The van der Waals surface area contributed by atoms with Crippen molar-refractivity contribution >= 4 is 17.5 Å². The first kappa shape index (κ1) is 21.9. The van der Waals surface area contributed by atoms with E-state index in [1.54, 1.807) is 24.3 Å². The lowest BCUT2D eigenvalue weighted by Gasteiger charge is -2.35. The van der Waals surface area contributed by atoms with Crippen molar-refractivity contribution in [1.29, 1.82) is 0 Å². The van der Waals surface area contributed by atoms with Crippen LogP contribution in [0.25, 0.3) is 0 Å². The molecule has 2 aliphatic rings. The van der Waals surface area contributed by atoms with Gasteiger partial charge in [0.25, 0.3) is 11.8 Å². The fourth-order valence-corrected chi connectivity index (χ4v) is 3.89. The molecule has 1 fully saturated rings. The van der Waals surface area contributed by atoms with Crippen LogP contribution in [0.1, 0.15) is 31.8 Å². The molecule has 0 atom stereocenters. The van der Waals surface area contributed by atoms with Crippen LogP contribution in [0.3, 0.4) is 0 Å². The zero-order valence-corrected chi connectivity index (χ0v) is 17.6. The summed E-state index contributed by atoms with van der Waals surface area (Å²) < 4.78 is 38.8. The summed E-state index contributed by atoms with van der Waals surface area (Å²) in [5.41, 5.74) is 1.66. The third kappa shape index (κ3) is 4.48. The van der Waals surface area contributed by atoms with Crippen LogP contribution in [0.15, 0.2) is 42.5 Å². The van der Waals surface area contributed by atoms with Crippen LogP contribution in [-0.2, 0) is 6.18 Å². The average molecular weight is 441 g/mol. The zero-order chi connectivity index (χ0) is 22.9. The van der Waals surface area contributed by atoms with Crippen molar-refractivity contribution in [3.8, 4) is 11.8 Å². The Hall–Kier alpha value is -3.31. The van der Waals surface area contributed by atoms with Gasteiger partial charge in [0.1, 0.15) is 0 Å². The Morgan fingerprint density at radius 2 is 1.56 bits per heavy atom. The van der Waals surface area contributed by atoms with Crippen LogP contribution in [0.5, 0.6) is 0 Å². The van der Waals surface area contributed by atoms with E-state index in [9.17, 15) is 22.8 Å². The Kier molecular flexibility index (Phi) is 5.94. The van der Waals surface area contributed by atoms with E-state index in [1.807, 2.05) is 11.8 Å². The smallest absolute Gasteiger partial charge is 0.369 e. The Bertz CT molecular complexity index is 1110. The first-order chi connectivity index (χ1) is 15.2. The molecule has 1 saturated heterocycles. The monoisotopic (exact) mass is 441 g/mol. The molecule has 2 amide bonds. The first-order valence-corrected chi connectivity index (χ1v) is 10.3. The molecule has 0 aromatic heterocycles. The maximum Gasteiger partial charge on any atom is 0.416 e. The molecular formula is C24H22F3N3O2. The van der Waals surface area contributed by atoms with E-state index in [-0.39, 0.29) is 18.4 Å². The van der Waals surface area contributed by atoms with Crippen molar-refractivity contribution in [3.63, 3.8) is 0 Å². The molecular weight excluding hydrogens is 419 g/mol. The van der Waals surface area contributed by atoms with Crippen molar-refractivity contribution in [3.05, 3.63) is 64.7 Å². The number of alkyl halides is 3. The highest BCUT2D eigenvalue weighted by molar-refractivity contribution is 6.21. The highest BCUT2D eigenvalue weighted by Crippen LogP contribution is 2.32. The number of benzene rings is 2. The van der Waals surface area contributed by atoms with Gasteiger partial charge in [-0.3, -0.25) is 19.4 Å². The van der Waals surface area contributed by atoms with Gasteiger partial charge in [0.15, 0.2) is 0 Å². The van der Waals surface area contributed by atoms with Gasteiger partial charge in [-0.15, -0.1) is 0 Å². The van der Waals surface area contributed by atoms with E-state index in [1.165, 1.54) is 12.1 Å². The highest BCUT2D eigenvalue weighted by atomic mass is 19.4. The van der Waals surface area contributed by atoms with Gasteiger partial charge in [0.05, 0.1) is 29.8 Å². The number of amides is 2. The summed E-state index contributed by atoms with van der Waals surface area (Å²) in [6, 6.07) is 10.6. The number of halogens is 3. The SMILES string of the molecule is Cc1ccc2c(c1)C(=O)N(CC#CCN1CCN(c3cccc(C(F)(F)F)c3)CC1)C2=O. The summed E-state index contributed by atoms with van der Waals surface area (Å²) >= 11 is 0. The van der Waals surface area contributed by atoms with Crippen molar-refractivity contribution in [2.24, 2.45) is 0 Å². The Balaban J connectivity index is 1.29. The standard InChI is InChI=1S/C24H22F3N3O2/c1-17-7-8-20-21(15-17)23(32)30(22(20)31)10-3-2-9-28-11-13-29(14-12-28)19-6-4-5-18(16-19)24(25,26)27/h4-8,15-16H,9-14H2,1H3. The van der Waals surface area contributed by atoms with Crippen molar-refractivity contribution in [1.82, 2.24) is 9.80 Å². The van der Waals surface area contributed by atoms with Crippen LogP contribution in [0.4, 0.5) is 18.9 Å². The number of anilines is 1. The molecule has 0 spiro atoms. The number of carbonyl (C=O) groups is 2. The molecule has 5 nitrogen and oxygen atoms in total. The summed E-state index contributed by atoms with van der Waals surface area (Å²) in [5, 5.41) is 0. The molecule has 0 aliphatic carbocycles. The molecule has 32 heavy (non-hydrogen) atoms. The van der Waals surface area contributed by atoms with Gasteiger partial charge in [0.2, 0.25) is 0 Å². The second kappa shape index (κ2) is 8.67. The minimum absolute atomic E-state index is 0.0373. The fourth-order valence-electron chi connectivity index (χ4n) is 3.89. The van der Waals surface area contributed by atoms with Gasteiger partial charge in [0, 0.05) is 31.9 Å². The summed E-state index contributed by atoms with van der Waals surface area (Å²) in [5.74, 6) is 5.27. The number of rotatable bonds is 3. The molecule has 4 rings (SSSR count). The predicted molar refractivity (Wildman–Crippen MR) is 114 cm³/mol. The molecule has 166 valence electrons. The van der Waals surface area contributed by atoms with Gasteiger partial charge in [-0.25, -0.2) is 0 Å². The molecule has 2 heterocycles. The second-order valence-electron chi connectivity index (χ2n) is 7.91. The maximum absolute atomic E-state index is 12.9. The Morgan fingerprint density at radius 1 is 0.875 bits per heavy atom. The molecule has 2 aromatic carbocycles. The number of carbonyl (C=O) groups excluding carboxylic acids is 2. The van der Waals surface area contributed by atoms with E-state index < -0.39 is 11.7 Å². The number of piperazine rings is 1. The van der Waals surface area contributed by atoms with Crippen LogP contribution in [-0.4, -0.2) is 60.9 Å². The van der Waals surface area contributed by atoms with Crippen LogP contribution in [0.2, 0.25) is 0 Å². The predicted octanol–water partition coefficient (Wildman–Crippen LogP) is 3.44. The number of hydrogen-bond donors (Lipinski definition) is 0. The minimum atomic E-state index is -4.36. The molecule has 0 unspecified atom stereocenters. The van der Waals surface area contributed by atoms with Gasteiger partial charge in [-0.05, 0) is 37.3 Å². The normalized spacial score (nSPS) is 16.8. The molecule has 0 bridgehead atoms. The largest absolute Gasteiger partial charge is 0.416 e. The summed E-state index contributed by atoms with van der Waals surface area (Å²) in [6.07, 6.45) is -4.36. The minimum Gasteiger partial charge on any atom is -0.369 e. The molecule has 2 aliphatic heterocycles. The van der Waals surface area contributed by atoms with Crippen LogP contribution in [0, 0.1) is 18.8 Å². The lowest BCUT2D eigenvalue weighted by atomic mass is 10.1. The summed E-state index contributed by atoms with van der Waals surface area (Å²) in [4.78, 5) is 30.1. The molecule has 0 N–H and O–H groups in total. The third-order valence-corrected chi connectivity index (χ3v) is 5.70. The van der Waals surface area contributed by atoms with E-state index in [4.69, 9.17) is 0 Å². The molecule has 8 heteroatoms. The van der Waals surface area contributed by atoms with Gasteiger partial charge < -0.3 is 4.90 Å². The van der Waals surface area contributed by atoms with Crippen molar-refractivity contribution in [2.45, 2.75) is 13.1 Å². The van der Waals surface area contributed by atoms with Gasteiger partial charge in [-0.1, -0.05) is 29.5 Å². The lowest BCUT2D eigenvalue weighted by Crippen LogP contribution is -2.46. The molecule has 0 saturated carbocycles. The van der Waals surface area contributed by atoms with Crippen molar-refractivity contribution in [2.75, 3.05) is 44.2 Å². The van der Waals surface area contributed by atoms with E-state index in [2.05, 4.69) is 16.7 Å². The topological polar surface area (TPSA) is 43.9 Å². The number of imide groups is 1. The Morgan fingerprint density at radius 3 is 2.28 bits per heavy atom. The van der Waals surface area contributed by atoms with E-state index in [0.29, 0.717) is 49.5 Å². The number of hydrogen-bond acceptors (Lipinski definition) is 4. The second-order valence-corrected chi connectivity index (χ2v) is 7.91. The number of aryl methyl sites for hydroxylation is 1. The summed E-state index contributed by atoms with van der Waals surface area (Å²) in [7, 11) is 0. The van der Waals surface area contributed by atoms with Crippen LogP contribution >= 0.6 is 0 Å². The fraction of sp³-hybridized carbons (Fsp3) is 0.333. The van der Waals surface area contributed by atoms with Crippen molar-refractivity contribution < 1.29 is 22.8 Å². The van der Waals surface area contributed by atoms with Gasteiger partial charge in [-0.2, -0.15) is 13.2 Å². The summed E-state index contributed by atoms with van der Waals surface area (Å²) in [6.45, 7) is 4.90. The van der Waals surface area contributed by atoms with E-state index >= 15 is 0 Å². The van der Waals surface area contributed by atoms with Crippen LogP contribution < -0.4 is 4.90 Å². The number of fused-ring (bicyclic) bond motifs is 1.